The lowest BCUT2D eigenvalue weighted by Gasteiger charge is -2.39. The number of nitrogens with one attached hydrogen (secondary N) is 1. The molecular weight excluding hydrogens is 382 g/mol. The average molecular weight is 403 g/mol. The Kier molecular flexibility index (Phi) is 6.86. The van der Waals surface area contributed by atoms with Crippen molar-refractivity contribution in [3.8, 4) is 5.75 Å². The third kappa shape index (κ3) is 5.13. The highest BCUT2D eigenvalue weighted by atomic mass is 16.7. The van der Waals surface area contributed by atoms with Crippen LogP contribution in [0, 0.1) is 0 Å². The molecular formula is C19H21N3O7. The Morgan fingerprint density at radius 1 is 1.10 bits per heavy atom. The molecule has 3 rings (SSSR count). The third-order valence-electron chi connectivity index (χ3n) is 4.30. The summed E-state index contributed by atoms with van der Waals surface area (Å²) in [6.07, 6.45) is -2.30. The lowest BCUT2D eigenvalue weighted by atomic mass is 9.99. The number of hydrogen-bond donors (Lipinski definition) is 5. The van der Waals surface area contributed by atoms with Crippen molar-refractivity contribution in [1.82, 2.24) is 10.4 Å². The molecule has 5 atom stereocenters. The number of aliphatic hydroxyl groups excluding tert-OH is 4. The number of carbonyl (C=O) groups excluding carboxylic acids is 1. The van der Waals surface area contributed by atoms with Crippen LogP contribution in [-0.4, -0.2) is 74.8 Å². The molecule has 1 saturated heterocycles. The minimum atomic E-state index is -1.51. The van der Waals surface area contributed by atoms with Gasteiger partial charge in [0.2, 0.25) is 6.29 Å². The predicted molar refractivity (Wildman–Crippen MR) is 100 cm³/mol. The molecule has 0 aliphatic carbocycles. The number of hydrogen-bond acceptors (Lipinski definition) is 9. The Morgan fingerprint density at radius 3 is 2.45 bits per heavy atom. The van der Waals surface area contributed by atoms with Crippen molar-refractivity contribution in [2.24, 2.45) is 5.10 Å². The van der Waals surface area contributed by atoms with Crippen LogP contribution in [0.5, 0.6) is 5.75 Å². The molecule has 2 heterocycles. The van der Waals surface area contributed by atoms with Gasteiger partial charge in [-0.15, -0.1) is 0 Å². The van der Waals surface area contributed by atoms with E-state index in [0.717, 1.165) is 0 Å². The average Bonchev–Trinajstić information content (AvgIpc) is 2.75. The molecule has 0 radical (unpaired) electrons. The molecule has 1 aliphatic heterocycles. The third-order valence-corrected chi connectivity index (χ3v) is 4.30. The number of benzene rings is 1. The molecule has 0 bridgehead atoms. The van der Waals surface area contributed by atoms with Gasteiger partial charge in [-0.3, -0.25) is 9.78 Å². The summed E-state index contributed by atoms with van der Waals surface area (Å²) in [5, 5.41) is 42.6. The topological polar surface area (TPSA) is 154 Å². The quantitative estimate of drug-likeness (QED) is 0.305. The summed E-state index contributed by atoms with van der Waals surface area (Å²) in [5.74, 6) is -0.0430. The Balaban J connectivity index is 1.56. The number of aromatic nitrogens is 1. The first-order valence-electron chi connectivity index (χ1n) is 8.80. The maximum atomic E-state index is 11.9. The van der Waals surface area contributed by atoms with E-state index < -0.39 is 37.3 Å². The van der Waals surface area contributed by atoms with Gasteiger partial charge in [0.05, 0.1) is 12.8 Å². The van der Waals surface area contributed by atoms with Crippen LogP contribution >= 0.6 is 0 Å². The zero-order valence-electron chi connectivity index (χ0n) is 15.2. The highest BCUT2D eigenvalue weighted by Crippen LogP contribution is 2.24. The van der Waals surface area contributed by atoms with Crippen molar-refractivity contribution >= 4 is 12.1 Å². The van der Waals surface area contributed by atoms with E-state index in [1.807, 2.05) is 0 Å². The molecule has 0 saturated carbocycles. The number of nitrogens with zero attached hydrogens (tertiary/aromatic N) is 2. The second-order valence-corrected chi connectivity index (χ2v) is 6.32. The summed E-state index contributed by atoms with van der Waals surface area (Å²) in [4.78, 5) is 15.7. The predicted octanol–water partition coefficient (Wildman–Crippen LogP) is -0.976. The first kappa shape index (κ1) is 20.8. The molecule has 0 spiro atoms. The maximum Gasteiger partial charge on any atom is 0.271 e. The first-order chi connectivity index (χ1) is 14.0. The zero-order chi connectivity index (χ0) is 20.8. The number of pyridine rings is 1. The lowest BCUT2D eigenvalue weighted by molar-refractivity contribution is -0.277. The molecule has 1 aliphatic rings. The second kappa shape index (κ2) is 9.54. The largest absolute Gasteiger partial charge is 0.462 e. The van der Waals surface area contributed by atoms with E-state index in [-0.39, 0.29) is 5.91 Å². The van der Waals surface area contributed by atoms with Crippen molar-refractivity contribution in [1.29, 1.82) is 0 Å². The van der Waals surface area contributed by atoms with Crippen molar-refractivity contribution in [2.75, 3.05) is 6.61 Å². The summed E-state index contributed by atoms with van der Waals surface area (Å²) in [7, 11) is 0. The summed E-state index contributed by atoms with van der Waals surface area (Å²) in [6, 6.07) is 9.59. The van der Waals surface area contributed by atoms with Gasteiger partial charge in [-0.1, -0.05) is 0 Å². The Morgan fingerprint density at radius 2 is 1.79 bits per heavy atom. The van der Waals surface area contributed by atoms with Crippen molar-refractivity contribution in [3.05, 3.63) is 59.9 Å². The SMILES string of the molecule is O=C(N/N=C/c1ccc(O[C@@H]2O[C@H](CO)[C@@H](O)[C@H](O)[C@H]2O)cc1)c1ccncc1. The maximum absolute atomic E-state index is 11.9. The summed E-state index contributed by atoms with van der Waals surface area (Å²) in [6.45, 7) is -0.536. The molecule has 1 fully saturated rings. The van der Waals surface area contributed by atoms with Gasteiger partial charge in [0.25, 0.3) is 5.91 Å². The van der Waals surface area contributed by atoms with Crippen LogP contribution in [0.25, 0.3) is 0 Å². The smallest absolute Gasteiger partial charge is 0.271 e. The highest BCUT2D eigenvalue weighted by molar-refractivity contribution is 5.94. The van der Waals surface area contributed by atoms with Crippen LogP contribution in [-0.2, 0) is 4.74 Å². The molecule has 29 heavy (non-hydrogen) atoms. The molecule has 10 heteroatoms. The van der Waals surface area contributed by atoms with Gasteiger partial charge in [-0.2, -0.15) is 5.10 Å². The van der Waals surface area contributed by atoms with Crippen molar-refractivity contribution < 1.29 is 34.7 Å². The van der Waals surface area contributed by atoms with E-state index in [4.69, 9.17) is 9.47 Å². The zero-order valence-corrected chi connectivity index (χ0v) is 15.2. The number of rotatable bonds is 6. The Hall–Kier alpha value is -2.89. The normalized spacial score (nSPS) is 27.0. The fourth-order valence-electron chi connectivity index (χ4n) is 2.66. The van der Waals surface area contributed by atoms with Crippen molar-refractivity contribution in [2.45, 2.75) is 30.7 Å². The molecule has 1 aromatic carbocycles. The van der Waals surface area contributed by atoms with E-state index in [1.165, 1.54) is 18.6 Å². The standard InChI is InChI=1S/C19H21N3O7/c23-10-14-15(24)16(25)17(26)19(29-14)28-13-3-1-11(2-4-13)9-21-22-18(27)12-5-7-20-8-6-12/h1-9,14-17,19,23-26H,10H2,(H,22,27)/b21-9+/t14-,15-,16+,17-,19-/m1/s1. The minimum Gasteiger partial charge on any atom is -0.462 e. The van der Waals surface area contributed by atoms with Gasteiger partial charge < -0.3 is 29.9 Å². The number of ether oxygens (including phenoxy) is 2. The minimum absolute atomic E-state index is 0.326. The summed E-state index contributed by atoms with van der Waals surface area (Å²) in [5.41, 5.74) is 3.50. The van der Waals surface area contributed by atoms with Gasteiger partial charge in [0, 0.05) is 18.0 Å². The Bertz CT molecular complexity index is 829. The molecule has 10 nitrogen and oxygen atoms in total. The van der Waals surface area contributed by atoms with E-state index >= 15 is 0 Å². The van der Waals surface area contributed by atoms with Crippen LogP contribution in [0.3, 0.4) is 0 Å². The van der Waals surface area contributed by atoms with Crippen LogP contribution in [0.4, 0.5) is 0 Å². The molecule has 0 unspecified atom stereocenters. The number of carbonyl (C=O) groups is 1. The number of amides is 1. The molecule has 1 amide bonds. The van der Waals surface area contributed by atoms with E-state index in [0.29, 0.717) is 16.9 Å². The fraction of sp³-hybridized carbons (Fsp3) is 0.316. The van der Waals surface area contributed by atoms with Crippen LogP contribution in [0.15, 0.2) is 53.9 Å². The summed E-state index contributed by atoms with van der Waals surface area (Å²) < 4.78 is 10.8. The van der Waals surface area contributed by atoms with E-state index in [1.54, 1.807) is 36.4 Å². The van der Waals surface area contributed by atoms with Gasteiger partial charge in [0.1, 0.15) is 30.2 Å². The summed E-state index contributed by atoms with van der Waals surface area (Å²) >= 11 is 0. The Labute approximate surface area is 166 Å². The van der Waals surface area contributed by atoms with Gasteiger partial charge >= 0.3 is 0 Å². The van der Waals surface area contributed by atoms with Gasteiger partial charge in [0.15, 0.2) is 0 Å². The van der Waals surface area contributed by atoms with Crippen LogP contribution in [0.1, 0.15) is 15.9 Å². The molecule has 5 N–H and O–H groups in total. The second-order valence-electron chi connectivity index (χ2n) is 6.32. The van der Waals surface area contributed by atoms with E-state index in [2.05, 4.69) is 15.5 Å². The van der Waals surface area contributed by atoms with Crippen LogP contribution < -0.4 is 10.2 Å². The van der Waals surface area contributed by atoms with Crippen molar-refractivity contribution in [3.63, 3.8) is 0 Å². The molecule has 154 valence electrons. The fourth-order valence-corrected chi connectivity index (χ4v) is 2.66. The lowest BCUT2D eigenvalue weighted by Crippen LogP contribution is -2.60. The van der Waals surface area contributed by atoms with Crippen LogP contribution in [0.2, 0.25) is 0 Å². The number of aliphatic hydroxyl groups is 4. The van der Waals surface area contributed by atoms with E-state index in [9.17, 15) is 25.2 Å². The first-order valence-corrected chi connectivity index (χ1v) is 8.80. The highest BCUT2D eigenvalue weighted by Gasteiger charge is 2.44. The molecule has 2 aromatic rings. The van der Waals surface area contributed by atoms with Gasteiger partial charge in [-0.25, -0.2) is 5.43 Å². The monoisotopic (exact) mass is 403 g/mol. The molecule has 1 aromatic heterocycles. The number of hydrazone groups is 1. The van der Waals surface area contributed by atoms with Gasteiger partial charge in [-0.05, 0) is 42.0 Å².